The maximum absolute atomic E-state index is 12.5. The van der Waals surface area contributed by atoms with Gasteiger partial charge in [-0.1, -0.05) is 30.3 Å². The Labute approximate surface area is 174 Å². The average Bonchev–Trinajstić information content (AvgIpc) is 2.78. The van der Waals surface area contributed by atoms with Crippen molar-refractivity contribution in [2.45, 2.75) is 20.4 Å². The highest BCUT2D eigenvalue weighted by Crippen LogP contribution is 2.28. The summed E-state index contributed by atoms with van der Waals surface area (Å²) in [5, 5.41) is 6.45. The van der Waals surface area contributed by atoms with Crippen LogP contribution >= 0.6 is 0 Å². The fourth-order valence-corrected chi connectivity index (χ4v) is 3.78. The molecule has 1 N–H and O–H groups in total. The van der Waals surface area contributed by atoms with Gasteiger partial charge in [-0.05, 0) is 60.5 Å². The molecule has 4 aromatic rings. The van der Waals surface area contributed by atoms with Crippen molar-refractivity contribution < 1.29 is 9.21 Å². The second-order valence-electron chi connectivity index (χ2n) is 7.16. The van der Waals surface area contributed by atoms with Crippen molar-refractivity contribution in [2.24, 2.45) is 0 Å². The lowest BCUT2D eigenvalue weighted by molar-refractivity contribution is 0.0773. The number of nitrogens with one attached hydrogen (secondary N) is 1. The number of carbonyl (C=O) groups excluding carboxylic acids is 1. The van der Waals surface area contributed by atoms with E-state index >= 15 is 0 Å². The minimum Gasteiger partial charge on any atom is -0.423 e. The molecule has 0 spiro atoms. The van der Waals surface area contributed by atoms with Gasteiger partial charge in [0.15, 0.2) is 0 Å². The molecule has 30 heavy (non-hydrogen) atoms. The monoisotopic (exact) mass is 400 g/mol. The summed E-state index contributed by atoms with van der Waals surface area (Å²) in [6.45, 7) is 5.79. The third-order valence-electron chi connectivity index (χ3n) is 5.38. The highest BCUT2D eigenvalue weighted by molar-refractivity contribution is 6.07. The Balaban J connectivity index is 1.62. The van der Waals surface area contributed by atoms with E-state index in [-0.39, 0.29) is 11.5 Å². The van der Waals surface area contributed by atoms with Crippen molar-refractivity contribution in [2.75, 3.05) is 18.4 Å². The fraction of sp³-hybridized carbons (Fsp3) is 0.200. The van der Waals surface area contributed by atoms with Gasteiger partial charge in [-0.15, -0.1) is 0 Å². The van der Waals surface area contributed by atoms with E-state index in [2.05, 4.69) is 5.32 Å². The molecule has 0 aliphatic heterocycles. The minimum absolute atomic E-state index is 0.0321. The molecular weight excluding hydrogens is 376 g/mol. The van der Waals surface area contributed by atoms with Crippen LogP contribution in [0.1, 0.15) is 29.8 Å². The third-order valence-corrected chi connectivity index (χ3v) is 5.38. The molecule has 5 nitrogen and oxygen atoms in total. The molecule has 0 saturated heterocycles. The number of nitrogens with zero attached hydrogens (tertiary/aromatic N) is 1. The maximum atomic E-state index is 12.5. The molecule has 0 aliphatic rings. The van der Waals surface area contributed by atoms with Crippen LogP contribution in [-0.2, 0) is 6.54 Å². The van der Waals surface area contributed by atoms with E-state index in [0.29, 0.717) is 30.8 Å². The van der Waals surface area contributed by atoms with Gasteiger partial charge in [0, 0.05) is 42.3 Å². The quantitative estimate of drug-likeness (QED) is 0.364. The number of benzene rings is 3. The standard InChI is InChI=1S/C25H24N2O3/c1-3-27(4-2)25(29)18-9-12-20(13-10-18)26-16-19-15-23(28)30-22-14-11-17-7-5-6-8-21(17)24(19)22/h5-15,26H,3-4,16H2,1-2H3. The predicted molar refractivity (Wildman–Crippen MR) is 121 cm³/mol. The van der Waals surface area contributed by atoms with E-state index in [0.717, 1.165) is 27.4 Å². The average molecular weight is 400 g/mol. The van der Waals surface area contributed by atoms with E-state index in [4.69, 9.17) is 4.42 Å². The van der Waals surface area contributed by atoms with Crippen LogP contribution in [0.4, 0.5) is 5.69 Å². The summed E-state index contributed by atoms with van der Waals surface area (Å²) in [4.78, 5) is 26.3. The largest absolute Gasteiger partial charge is 0.423 e. The smallest absolute Gasteiger partial charge is 0.336 e. The van der Waals surface area contributed by atoms with E-state index in [1.165, 1.54) is 0 Å². The number of hydrogen-bond donors (Lipinski definition) is 1. The number of amides is 1. The molecule has 5 heteroatoms. The first kappa shape index (κ1) is 19.7. The SMILES string of the molecule is CCN(CC)C(=O)c1ccc(NCc2cc(=O)oc3ccc4ccccc4c23)cc1. The molecule has 0 atom stereocenters. The molecule has 4 rings (SSSR count). The van der Waals surface area contributed by atoms with E-state index in [1.807, 2.05) is 74.5 Å². The molecule has 1 amide bonds. The summed E-state index contributed by atoms with van der Waals surface area (Å²) < 4.78 is 5.42. The molecule has 0 aliphatic carbocycles. The zero-order valence-electron chi connectivity index (χ0n) is 17.1. The first-order chi connectivity index (χ1) is 14.6. The second-order valence-corrected chi connectivity index (χ2v) is 7.16. The van der Waals surface area contributed by atoms with Gasteiger partial charge < -0.3 is 14.6 Å². The van der Waals surface area contributed by atoms with Gasteiger partial charge in [-0.3, -0.25) is 4.79 Å². The number of rotatable bonds is 6. The summed E-state index contributed by atoms with van der Waals surface area (Å²) in [6.07, 6.45) is 0. The molecule has 1 heterocycles. The molecule has 0 radical (unpaired) electrons. The van der Waals surface area contributed by atoms with Gasteiger partial charge in [0.25, 0.3) is 5.91 Å². The van der Waals surface area contributed by atoms with Gasteiger partial charge in [-0.2, -0.15) is 0 Å². The zero-order valence-corrected chi connectivity index (χ0v) is 17.1. The molecule has 0 fully saturated rings. The minimum atomic E-state index is -0.366. The Morgan fingerprint density at radius 1 is 0.967 bits per heavy atom. The Bertz CT molecular complexity index is 1260. The van der Waals surface area contributed by atoms with E-state index in [9.17, 15) is 9.59 Å². The van der Waals surface area contributed by atoms with Crippen LogP contribution in [0.25, 0.3) is 21.7 Å². The van der Waals surface area contributed by atoms with Gasteiger partial charge in [0.1, 0.15) is 5.58 Å². The van der Waals surface area contributed by atoms with Crippen LogP contribution in [0.15, 0.2) is 75.9 Å². The van der Waals surface area contributed by atoms with Crippen molar-refractivity contribution in [3.8, 4) is 0 Å². The van der Waals surface area contributed by atoms with Crippen molar-refractivity contribution in [3.05, 3.63) is 88.3 Å². The topological polar surface area (TPSA) is 62.6 Å². The highest BCUT2D eigenvalue weighted by atomic mass is 16.4. The lowest BCUT2D eigenvalue weighted by atomic mass is 10.0. The van der Waals surface area contributed by atoms with Crippen LogP contribution in [0.2, 0.25) is 0 Å². The number of fused-ring (bicyclic) bond motifs is 3. The van der Waals surface area contributed by atoms with Crippen LogP contribution in [0.3, 0.4) is 0 Å². The van der Waals surface area contributed by atoms with Crippen molar-refractivity contribution in [1.82, 2.24) is 4.90 Å². The molecule has 152 valence electrons. The number of anilines is 1. The highest BCUT2D eigenvalue weighted by Gasteiger charge is 2.13. The number of hydrogen-bond acceptors (Lipinski definition) is 4. The lowest BCUT2D eigenvalue weighted by Gasteiger charge is -2.18. The predicted octanol–water partition coefficient (Wildman–Crippen LogP) is 5.04. The Kier molecular flexibility index (Phi) is 5.53. The first-order valence-corrected chi connectivity index (χ1v) is 10.2. The fourth-order valence-electron chi connectivity index (χ4n) is 3.78. The Morgan fingerprint density at radius 2 is 1.70 bits per heavy atom. The van der Waals surface area contributed by atoms with Crippen LogP contribution < -0.4 is 10.9 Å². The normalized spacial score (nSPS) is 11.0. The van der Waals surface area contributed by atoms with E-state index < -0.39 is 0 Å². The summed E-state index contributed by atoms with van der Waals surface area (Å²) in [6, 6.07) is 20.8. The summed E-state index contributed by atoms with van der Waals surface area (Å²) in [5.74, 6) is 0.0321. The Hall–Kier alpha value is -3.60. The van der Waals surface area contributed by atoms with Crippen molar-refractivity contribution in [1.29, 1.82) is 0 Å². The van der Waals surface area contributed by atoms with Gasteiger partial charge in [0.05, 0.1) is 0 Å². The third kappa shape index (κ3) is 3.79. The van der Waals surface area contributed by atoms with Crippen LogP contribution in [-0.4, -0.2) is 23.9 Å². The lowest BCUT2D eigenvalue weighted by Crippen LogP contribution is -2.30. The van der Waals surface area contributed by atoms with Crippen molar-refractivity contribution >= 4 is 33.3 Å². The van der Waals surface area contributed by atoms with E-state index in [1.54, 1.807) is 11.0 Å². The Morgan fingerprint density at radius 3 is 2.43 bits per heavy atom. The molecule has 3 aromatic carbocycles. The summed E-state index contributed by atoms with van der Waals surface area (Å²) in [5.41, 5.74) is 2.64. The van der Waals surface area contributed by atoms with Gasteiger partial charge in [0.2, 0.25) is 0 Å². The molecule has 0 bridgehead atoms. The second kappa shape index (κ2) is 8.41. The van der Waals surface area contributed by atoms with Crippen molar-refractivity contribution in [3.63, 3.8) is 0 Å². The summed E-state index contributed by atoms with van der Waals surface area (Å²) >= 11 is 0. The van der Waals surface area contributed by atoms with Crippen LogP contribution in [0.5, 0.6) is 0 Å². The van der Waals surface area contributed by atoms with Gasteiger partial charge >= 0.3 is 5.63 Å². The molecule has 0 saturated carbocycles. The summed E-state index contributed by atoms with van der Waals surface area (Å²) in [7, 11) is 0. The zero-order chi connectivity index (χ0) is 21.1. The molecule has 1 aromatic heterocycles. The van der Waals surface area contributed by atoms with Crippen LogP contribution in [0, 0.1) is 0 Å². The van der Waals surface area contributed by atoms with Gasteiger partial charge in [-0.25, -0.2) is 4.79 Å². The number of carbonyl (C=O) groups is 1. The first-order valence-electron chi connectivity index (χ1n) is 10.2. The molecule has 0 unspecified atom stereocenters. The molecular formula is C25H24N2O3. The maximum Gasteiger partial charge on any atom is 0.336 e.